The Morgan fingerprint density at radius 2 is 2.24 bits per heavy atom. The van der Waals surface area contributed by atoms with Gasteiger partial charge in [0.2, 0.25) is 0 Å². The number of amides is 1. The average molecular weight is 293 g/mol. The first kappa shape index (κ1) is 10.8. The monoisotopic (exact) mass is 292 g/mol. The second kappa shape index (κ2) is 3.60. The molecule has 88 valence electrons. The number of halogens is 1. The van der Waals surface area contributed by atoms with Crippen LogP contribution in [-0.2, 0) is 0 Å². The Bertz CT molecular complexity index is 630. The lowest BCUT2D eigenvalue weighted by Crippen LogP contribution is -2.37. The van der Waals surface area contributed by atoms with Crippen molar-refractivity contribution in [3.05, 3.63) is 33.9 Å². The number of nitrogens with zero attached hydrogens (tertiary/aromatic N) is 1. The van der Waals surface area contributed by atoms with Crippen molar-refractivity contribution in [3.8, 4) is 0 Å². The van der Waals surface area contributed by atoms with Crippen molar-refractivity contribution in [1.29, 1.82) is 0 Å². The molecule has 3 nitrogen and oxygen atoms in total. The van der Waals surface area contributed by atoms with Gasteiger partial charge in [-0.05, 0) is 31.5 Å². The molecule has 1 aromatic heterocycles. The molecule has 1 amide bonds. The number of rotatable bonds is 0. The van der Waals surface area contributed by atoms with Crippen LogP contribution in [0.1, 0.15) is 29.0 Å². The predicted molar refractivity (Wildman–Crippen MR) is 71.4 cm³/mol. The maximum atomic E-state index is 11.9. The molecular formula is C13H13BrN2O. The van der Waals surface area contributed by atoms with Gasteiger partial charge in [0.1, 0.15) is 5.69 Å². The van der Waals surface area contributed by atoms with Crippen LogP contribution >= 0.6 is 15.9 Å². The Labute approximate surface area is 108 Å². The van der Waals surface area contributed by atoms with Gasteiger partial charge in [0, 0.05) is 22.4 Å². The van der Waals surface area contributed by atoms with E-state index < -0.39 is 0 Å². The number of hydrogen-bond donors (Lipinski definition) is 1. The van der Waals surface area contributed by atoms with Crippen LogP contribution in [-0.4, -0.2) is 17.0 Å². The second-order valence-electron chi connectivity index (χ2n) is 4.57. The molecule has 2 heterocycles. The maximum absolute atomic E-state index is 11.9. The number of nitrogens with one attached hydrogen (secondary N) is 1. The van der Waals surface area contributed by atoms with E-state index in [1.54, 1.807) is 0 Å². The Hall–Kier alpha value is -1.29. The average Bonchev–Trinajstić information content (AvgIpc) is 2.70. The van der Waals surface area contributed by atoms with Gasteiger partial charge < -0.3 is 9.88 Å². The third-order valence-electron chi connectivity index (χ3n) is 3.42. The van der Waals surface area contributed by atoms with Crippen LogP contribution < -0.4 is 5.32 Å². The highest BCUT2D eigenvalue weighted by molar-refractivity contribution is 9.10. The van der Waals surface area contributed by atoms with Crippen LogP contribution in [0.5, 0.6) is 0 Å². The Balaban J connectivity index is 2.44. The fraction of sp³-hybridized carbons (Fsp3) is 0.308. The molecule has 1 atom stereocenters. The topological polar surface area (TPSA) is 34.0 Å². The van der Waals surface area contributed by atoms with Gasteiger partial charge >= 0.3 is 0 Å². The molecule has 3 rings (SSSR count). The highest BCUT2D eigenvalue weighted by atomic mass is 79.9. The quantitative estimate of drug-likeness (QED) is 0.796. The number of carbonyl (C=O) groups is 1. The van der Waals surface area contributed by atoms with Crippen LogP contribution in [0.25, 0.3) is 10.9 Å². The van der Waals surface area contributed by atoms with E-state index in [1.807, 2.05) is 12.1 Å². The molecule has 1 aliphatic heterocycles. The Morgan fingerprint density at radius 3 is 3.00 bits per heavy atom. The van der Waals surface area contributed by atoms with E-state index in [4.69, 9.17) is 0 Å². The highest BCUT2D eigenvalue weighted by Crippen LogP contribution is 2.32. The first-order valence-electron chi connectivity index (χ1n) is 5.68. The largest absolute Gasteiger partial charge is 0.349 e. The molecule has 17 heavy (non-hydrogen) atoms. The van der Waals surface area contributed by atoms with Crippen molar-refractivity contribution in [2.24, 2.45) is 0 Å². The normalized spacial score (nSPS) is 19.2. The van der Waals surface area contributed by atoms with Crippen molar-refractivity contribution in [1.82, 2.24) is 9.88 Å². The number of aromatic nitrogens is 1. The van der Waals surface area contributed by atoms with Crippen LogP contribution in [0, 0.1) is 6.92 Å². The van der Waals surface area contributed by atoms with E-state index in [1.165, 1.54) is 5.56 Å². The minimum absolute atomic E-state index is 0.0230. The van der Waals surface area contributed by atoms with Crippen molar-refractivity contribution < 1.29 is 4.79 Å². The summed E-state index contributed by atoms with van der Waals surface area (Å²) in [6.45, 7) is 4.91. The minimum atomic E-state index is 0.0230. The lowest BCUT2D eigenvalue weighted by molar-refractivity contribution is 0.0919. The first-order chi connectivity index (χ1) is 8.09. The Morgan fingerprint density at radius 1 is 1.47 bits per heavy atom. The lowest BCUT2D eigenvalue weighted by Gasteiger charge is -2.24. The van der Waals surface area contributed by atoms with E-state index in [9.17, 15) is 4.79 Å². The summed E-state index contributed by atoms with van der Waals surface area (Å²) in [6, 6.07) is 6.36. The molecule has 1 aromatic carbocycles. The van der Waals surface area contributed by atoms with E-state index in [0.717, 1.165) is 21.1 Å². The van der Waals surface area contributed by atoms with Gasteiger partial charge in [-0.15, -0.1) is 0 Å². The molecule has 1 aliphatic rings. The summed E-state index contributed by atoms with van der Waals surface area (Å²) in [5.41, 5.74) is 3.12. The van der Waals surface area contributed by atoms with E-state index >= 15 is 0 Å². The third kappa shape index (κ3) is 1.43. The molecule has 0 bridgehead atoms. The zero-order chi connectivity index (χ0) is 12.2. The van der Waals surface area contributed by atoms with Crippen molar-refractivity contribution >= 4 is 32.7 Å². The molecule has 2 aromatic rings. The molecule has 1 unspecified atom stereocenters. The van der Waals surface area contributed by atoms with Crippen molar-refractivity contribution in [3.63, 3.8) is 0 Å². The van der Waals surface area contributed by atoms with Crippen LogP contribution in [0.3, 0.4) is 0 Å². The number of carbonyl (C=O) groups excluding carboxylic acids is 1. The summed E-state index contributed by atoms with van der Waals surface area (Å²) in [4.78, 5) is 11.9. The molecule has 0 saturated heterocycles. The van der Waals surface area contributed by atoms with Gasteiger partial charge in [0.25, 0.3) is 5.91 Å². The van der Waals surface area contributed by atoms with E-state index in [0.29, 0.717) is 12.6 Å². The molecule has 1 N–H and O–H groups in total. The first-order valence-corrected chi connectivity index (χ1v) is 6.47. The fourth-order valence-corrected chi connectivity index (χ4v) is 2.84. The van der Waals surface area contributed by atoms with Gasteiger partial charge in [0.15, 0.2) is 0 Å². The number of benzene rings is 1. The molecule has 0 fully saturated rings. The minimum Gasteiger partial charge on any atom is -0.349 e. The van der Waals surface area contributed by atoms with Crippen LogP contribution in [0.15, 0.2) is 22.7 Å². The summed E-state index contributed by atoms with van der Waals surface area (Å²) in [5, 5.41) is 4.04. The zero-order valence-electron chi connectivity index (χ0n) is 9.75. The molecule has 4 heteroatoms. The van der Waals surface area contributed by atoms with E-state index in [2.05, 4.69) is 45.7 Å². The smallest absolute Gasteiger partial charge is 0.268 e. The van der Waals surface area contributed by atoms with Crippen LogP contribution in [0.2, 0.25) is 0 Å². The summed E-state index contributed by atoms with van der Waals surface area (Å²) in [6.07, 6.45) is 0. The summed E-state index contributed by atoms with van der Waals surface area (Å²) in [7, 11) is 0. The molecular weight excluding hydrogens is 280 g/mol. The predicted octanol–water partition coefficient (Wildman–Crippen LogP) is 3.02. The van der Waals surface area contributed by atoms with Crippen LogP contribution in [0.4, 0.5) is 0 Å². The number of fused-ring (bicyclic) bond motifs is 3. The summed E-state index contributed by atoms with van der Waals surface area (Å²) < 4.78 is 3.23. The molecule has 0 saturated carbocycles. The van der Waals surface area contributed by atoms with Gasteiger partial charge in [0.05, 0.1) is 5.52 Å². The zero-order valence-corrected chi connectivity index (χ0v) is 11.3. The third-order valence-corrected chi connectivity index (χ3v) is 4.28. The van der Waals surface area contributed by atoms with Crippen molar-refractivity contribution in [2.75, 3.05) is 6.54 Å². The standard InChI is InChI=1S/C13H13BrN2O/c1-7-6-15-13(17)11-5-9-3-4-10(14)8(2)12(9)16(7)11/h3-5,7H,6H2,1-2H3,(H,15,17). The molecule has 0 radical (unpaired) electrons. The highest BCUT2D eigenvalue weighted by Gasteiger charge is 2.25. The number of hydrogen-bond acceptors (Lipinski definition) is 1. The van der Waals surface area contributed by atoms with Gasteiger partial charge in [-0.25, -0.2) is 0 Å². The second-order valence-corrected chi connectivity index (χ2v) is 5.42. The SMILES string of the molecule is Cc1c(Br)ccc2cc3n(c12)C(C)CNC3=O. The van der Waals surface area contributed by atoms with E-state index in [-0.39, 0.29) is 5.91 Å². The molecule has 0 aliphatic carbocycles. The maximum Gasteiger partial charge on any atom is 0.268 e. The lowest BCUT2D eigenvalue weighted by atomic mass is 10.1. The van der Waals surface area contributed by atoms with Gasteiger partial charge in [-0.2, -0.15) is 0 Å². The summed E-state index contributed by atoms with van der Waals surface area (Å²) in [5.74, 6) is 0.0230. The fourth-order valence-electron chi connectivity index (χ4n) is 2.53. The molecule has 0 spiro atoms. The van der Waals surface area contributed by atoms with Crippen molar-refractivity contribution in [2.45, 2.75) is 19.9 Å². The summed E-state index contributed by atoms with van der Waals surface area (Å²) >= 11 is 3.55. The number of aryl methyl sites for hydroxylation is 1. The van der Waals surface area contributed by atoms with Gasteiger partial charge in [-0.1, -0.05) is 22.0 Å². The Kier molecular flexibility index (Phi) is 2.30. The van der Waals surface area contributed by atoms with Gasteiger partial charge in [-0.3, -0.25) is 4.79 Å².